The lowest BCUT2D eigenvalue weighted by Gasteiger charge is -2.15. The first-order valence-electron chi connectivity index (χ1n) is 6.19. The fourth-order valence-corrected chi connectivity index (χ4v) is 3.23. The molecule has 1 aromatic heterocycles. The second-order valence-corrected chi connectivity index (χ2v) is 7.43. The molecule has 0 aliphatic rings. The topological polar surface area (TPSA) is 64.8 Å². The second kappa shape index (κ2) is 5.18. The van der Waals surface area contributed by atoms with Crippen LogP contribution in [0.25, 0.3) is 11.4 Å². The fraction of sp³-hybridized carbons (Fsp3) is 0.385. The summed E-state index contributed by atoms with van der Waals surface area (Å²) in [5.74, 6) is 0.523. The predicted octanol–water partition coefficient (Wildman–Crippen LogP) is 3.07. The molecule has 0 atom stereocenters. The molecule has 20 heavy (non-hydrogen) atoms. The Bertz CT molecular complexity index is 731. The summed E-state index contributed by atoms with van der Waals surface area (Å²) in [5, 5.41) is 7.59. The van der Waals surface area contributed by atoms with Crippen LogP contribution in [-0.2, 0) is 9.05 Å². The molecule has 0 N–H and O–H groups in total. The first kappa shape index (κ1) is 15.0. The Morgan fingerprint density at radius 1 is 1.15 bits per heavy atom. The minimum atomic E-state index is -3.93. The summed E-state index contributed by atoms with van der Waals surface area (Å²) in [6, 6.07) is 5.74. The summed E-state index contributed by atoms with van der Waals surface area (Å²) in [6.07, 6.45) is 0. The van der Waals surface area contributed by atoms with E-state index in [9.17, 15) is 8.42 Å². The van der Waals surface area contributed by atoms with Crippen molar-refractivity contribution in [3.63, 3.8) is 0 Å². The van der Waals surface area contributed by atoms with Gasteiger partial charge in [0, 0.05) is 22.3 Å². The monoisotopic (exact) mass is 313 g/mol. The van der Waals surface area contributed by atoms with Crippen molar-refractivity contribution >= 4 is 19.7 Å². The van der Waals surface area contributed by atoms with Crippen LogP contribution in [0, 0.1) is 13.8 Å². The van der Waals surface area contributed by atoms with Crippen LogP contribution in [-0.4, -0.2) is 23.2 Å². The molecule has 108 valence electrons. The van der Waals surface area contributed by atoms with Crippen molar-refractivity contribution in [3.05, 3.63) is 29.3 Å². The van der Waals surface area contributed by atoms with Crippen molar-refractivity contribution in [2.45, 2.75) is 38.9 Å². The van der Waals surface area contributed by atoms with Crippen LogP contribution >= 0.6 is 10.7 Å². The van der Waals surface area contributed by atoms with Gasteiger partial charge in [-0.1, -0.05) is 18.2 Å². The van der Waals surface area contributed by atoms with Gasteiger partial charge in [0.2, 0.25) is 0 Å². The molecule has 7 heteroatoms. The van der Waals surface area contributed by atoms with E-state index in [4.69, 9.17) is 10.7 Å². The van der Waals surface area contributed by atoms with Crippen LogP contribution in [0.4, 0.5) is 0 Å². The van der Waals surface area contributed by atoms with E-state index in [0.29, 0.717) is 5.82 Å². The summed E-state index contributed by atoms with van der Waals surface area (Å²) in [4.78, 5) is 0. The standard InChI is InChI=1S/C13H16ClN3O2S/c1-8(2)17-12(15-16-13(17)20(14,18)19)11-9(3)6-5-7-10(11)4/h5-8H,1-4H3. The van der Waals surface area contributed by atoms with E-state index >= 15 is 0 Å². The molecule has 0 spiro atoms. The number of benzene rings is 1. The van der Waals surface area contributed by atoms with Crippen molar-refractivity contribution < 1.29 is 8.42 Å². The van der Waals surface area contributed by atoms with Crippen molar-refractivity contribution in [2.75, 3.05) is 0 Å². The lowest BCUT2D eigenvalue weighted by atomic mass is 10.0. The Balaban J connectivity index is 2.80. The van der Waals surface area contributed by atoms with E-state index in [1.54, 1.807) is 4.57 Å². The first-order chi connectivity index (χ1) is 9.23. The summed E-state index contributed by atoms with van der Waals surface area (Å²) in [7, 11) is 1.51. The number of aromatic nitrogens is 3. The average molecular weight is 314 g/mol. The van der Waals surface area contributed by atoms with Gasteiger partial charge < -0.3 is 0 Å². The minimum Gasteiger partial charge on any atom is -0.294 e. The van der Waals surface area contributed by atoms with Crippen LogP contribution in [0.3, 0.4) is 0 Å². The van der Waals surface area contributed by atoms with Gasteiger partial charge in [-0.2, -0.15) is 0 Å². The van der Waals surface area contributed by atoms with E-state index in [2.05, 4.69) is 10.2 Å². The van der Waals surface area contributed by atoms with Crippen molar-refractivity contribution in [1.82, 2.24) is 14.8 Å². The fourth-order valence-electron chi connectivity index (χ4n) is 2.25. The highest BCUT2D eigenvalue weighted by Crippen LogP contribution is 2.30. The quantitative estimate of drug-likeness (QED) is 0.817. The SMILES string of the molecule is Cc1cccc(C)c1-c1nnc(S(=O)(=O)Cl)n1C(C)C. The third-order valence-corrected chi connectivity index (χ3v) is 4.23. The highest BCUT2D eigenvalue weighted by molar-refractivity contribution is 8.13. The van der Waals surface area contributed by atoms with Crippen LogP contribution in [0.15, 0.2) is 23.4 Å². The Labute approximate surface area is 123 Å². The number of hydrogen-bond acceptors (Lipinski definition) is 4. The molecule has 0 bridgehead atoms. The molecule has 0 aliphatic carbocycles. The van der Waals surface area contributed by atoms with Gasteiger partial charge >= 0.3 is 0 Å². The second-order valence-electron chi connectivity index (χ2n) is 4.97. The van der Waals surface area contributed by atoms with Crippen molar-refractivity contribution in [1.29, 1.82) is 0 Å². The number of hydrogen-bond donors (Lipinski definition) is 0. The molecule has 0 aliphatic heterocycles. The van der Waals surface area contributed by atoms with Gasteiger partial charge in [0.15, 0.2) is 5.82 Å². The van der Waals surface area contributed by atoms with Gasteiger partial charge in [-0.25, -0.2) is 8.42 Å². The molecule has 5 nitrogen and oxygen atoms in total. The van der Waals surface area contributed by atoms with Gasteiger partial charge in [0.1, 0.15) is 0 Å². The number of halogens is 1. The molecule has 0 fully saturated rings. The average Bonchev–Trinajstić information content (AvgIpc) is 2.73. The summed E-state index contributed by atoms with van der Waals surface area (Å²) in [6.45, 7) is 7.64. The molecule has 0 saturated carbocycles. The van der Waals surface area contributed by atoms with E-state index in [1.165, 1.54) is 0 Å². The van der Waals surface area contributed by atoms with E-state index in [1.807, 2.05) is 45.9 Å². The highest BCUT2D eigenvalue weighted by Gasteiger charge is 2.26. The van der Waals surface area contributed by atoms with Gasteiger partial charge in [0.05, 0.1) is 0 Å². The molecular weight excluding hydrogens is 298 g/mol. The normalized spacial score (nSPS) is 12.1. The summed E-state index contributed by atoms with van der Waals surface area (Å²) < 4.78 is 24.8. The van der Waals surface area contributed by atoms with Gasteiger partial charge in [-0.3, -0.25) is 4.57 Å². The molecule has 1 heterocycles. The highest BCUT2D eigenvalue weighted by atomic mass is 35.7. The third-order valence-electron chi connectivity index (χ3n) is 3.10. The molecule has 1 aromatic carbocycles. The third kappa shape index (κ3) is 2.58. The van der Waals surface area contributed by atoms with Gasteiger partial charge in [-0.15, -0.1) is 10.2 Å². The first-order valence-corrected chi connectivity index (χ1v) is 8.50. The Hall–Kier alpha value is -1.40. The zero-order valence-electron chi connectivity index (χ0n) is 11.8. The summed E-state index contributed by atoms with van der Waals surface area (Å²) in [5.41, 5.74) is 2.91. The molecule has 0 unspecified atom stereocenters. The molecule has 0 radical (unpaired) electrons. The van der Waals surface area contributed by atoms with Crippen LogP contribution in [0.2, 0.25) is 0 Å². The lowest BCUT2D eigenvalue weighted by molar-refractivity contribution is 0.530. The Kier molecular flexibility index (Phi) is 3.88. The molecule has 0 amide bonds. The minimum absolute atomic E-state index is 0.123. The molecule has 0 saturated heterocycles. The van der Waals surface area contributed by atoms with E-state index < -0.39 is 9.05 Å². The molecule has 2 aromatic rings. The predicted molar refractivity (Wildman–Crippen MR) is 78.4 cm³/mol. The zero-order chi connectivity index (χ0) is 15.1. The van der Waals surface area contributed by atoms with Crippen molar-refractivity contribution in [2.24, 2.45) is 0 Å². The lowest BCUT2D eigenvalue weighted by Crippen LogP contribution is -2.10. The van der Waals surface area contributed by atoms with E-state index in [-0.39, 0.29) is 11.2 Å². The smallest absolute Gasteiger partial charge is 0.294 e. The van der Waals surface area contributed by atoms with Crippen molar-refractivity contribution in [3.8, 4) is 11.4 Å². The Morgan fingerprint density at radius 2 is 1.70 bits per heavy atom. The Morgan fingerprint density at radius 3 is 2.15 bits per heavy atom. The van der Waals surface area contributed by atoms with Gasteiger partial charge in [0.25, 0.3) is 14.2 Å². The van der Waals surface area contributed by atoms with Gasteiger partial charge in [-0.05, 0) is 38.8 Å². The van der Waals surface area contributed by atoms with Crippen LogP contribution < -0.4 is 0 Å². The number of nitrogens with zero attached hydrogens (tertiary/aromatic N) is 3. The van der Waals surface area contributed by atoms with Crippen LogP contribution in [0.1, 0.15) is 31.0 Å². The maximum Gasteiger partial charge on any atom is 0.296 e. The summed E-state index contributed by atoms with van der Waals surface area (Å²) >= 11 is 0. The number of rotatable bonds is 3. The van der Waals surface area contributed by atoms with E-state index in [0.717, 1.165) is 16.7 Å². The maximum absolute atomic E-state index is 11.6. The van der Waals surface area contributed by atoms with Crippen LogP contribution in [0.5, 0.6) is 0 Å². The largest absolute Gasteiger partial charge is 0.296 e. The number of aryl methyl sites for hydroxylation is 2. The zero-order valence-corrected chi connectivity index (χ0v) is 13.3. The molecule has 2 rings (SSSR count). The maximum atomic E-state index is 11.6. The molecular formula is C13H16ClN3O2S.